The second-order valence-corrected chi connectivity index (χ2v) is 8.13. The number of anilines is 1. The molecule has 3 heterocycles. The highest BCUT2D eigenvalue weighted by atomic mass is 16.3. The van der Waals surface area contributed by atoms with Crippen molar-refractivity contribution in [1.29, 1.82) is 0 Å². The first-order valence-electron chi connectivity index (χ1n) is 10.7. The largest absolute Gasteiger partial charge is 0.459 e. The normalized spacial score (nSPS) is 18.0. The third kappa shape index (κ3) is 4.36. The number of amides is 2. The monoisotopic (exact) mass is 410 g/mol. The number of nitrogens with zero attached hydrogens (tertiary/aromatic N) is 4. The molecule has 0 unspecified atom stereocenters. The zero-order valence-corrected chi connectivity index (χ0v) is 17.8. The van der Waals surface area contributed by atoms with Crippen LogP contribution in [0, 0.1) is 13.8 Å². The van der Waals surface area contributed by atoms with Crippen LogP contribution in [0.3, 0.4) is 0 Å². The summed E-state index contributed by atoms with van der Waals surface area (Å²) in [5, 5.41) is 0. The lowest BCUT2D eigenvalue weighted by molar-refractivity contribution is -0.133. The lowest BCUT2D eigenvalue weighted by Gasteiger charge is -2.39. The van der Waals surface area contributed by atoms with Gasteiger partial charge in [0.1, 0.15) is 0 Å². The molecular weight excluding hydrogens is 380 g/mol. The highest BCUT2D eigenvalue weighted by Gasteiger charge is 2.27. The van der Waals surface area contributed by atoms with Gasteiger partial charge < -0.3 is 19.1 Å². The van der Waals surface area contributed by atoms with E-state index in [4.69, 9.17) is 4.42 Å². The first-order chi connectivity index (χ1) is 14.5. The second-order valence-electron chi connectivity index (χ2n) is 8.13. The summed E-state index contributed by atoms with van der Waals surface area (Å²) < 4.78 is 5.20. The van der Waals surface area contributed by atoms with Crippen LogP contribution in [-0.2, 0) is 4.79 Å². The van der Waals surface area contributed by atoms with Crippen molar-refractivity contribution in [2.45, 2.75) is 13.8 Å². The highest BCUT2D eigenvalue weighted by molar-refractivity contribution is 5.91. The number of furan rings is 1. The van der Waals surface area contributed by atoms with Gasteiger partial charge in [0.25, 0.3) is 5.91 Å². The molecule has 2 saturated heterocycles. The summed E-state index contributed by atoms with van der Waals surface area (Å²) in [6.07, 6.45) is 1.52. The lowest BCUT2D eigenvalue weighted by Crippen LogP contribution is -2.54. The summed E-state index contributed by atoms with van der Waals surface area (Å²) in [5.41, 5.74) is 3.90. The minimum atomic E-state index is -0.0754. The Balaban J connectivity index is 1.24. The van der Waals surface area contributed by atoms with E-state index < -0.39 is 0 Å². The smallest absolute Gasteiger partial charge is 0.289 e. The molecule has 0 bridgehead atoms. The van der Waals surface area contributed by atoms with Crippen molar-refractivity contribution < 1.29 is 14.0 Å². The van der Waals surface area contributed by atoms with Crippen molar-refractivity contribution >= 4 is 17.5 Å². The summed E-state index contributed by atoms with van der Waals surface area (Å²) in [5.74, 6) is 0.483. The molecular formula is C23H30N4O3. The third-order valence-corrected chi connectivity index (χ3v) is 6.30. The zero-order valence-electron chi connectivity index (χ0n) is 17.8. The van der Waals surface area contributed by atoms with Gasteiger partial charge in [0.2, 0.25) is 5.91 Å². The predicted molar refractivity (Wildman–Crippen MR) is 116 cm³/mol. The topological polar surface area (TPSA) is 60.2 Å². The molecule has 0 radical (unpaired) electrons. The van der Waals surface area contributed by atoms with E-state index in [1.165, 1.54) is 23.1 Å². The molecule has 160 valence electrons. The summed E-state index contributed by atoms with van der Waals surface area (Å²) in [7, 11) is 0. The molecule has 2 aliphatic rings. The fourth-order valence-corrected chi connectivity index (χ4v) is 4.23. The fraction of sp³-hybridized carbons (Fsp3) is 0.478. The van der Waals surface area contributed by atoms with Gasteiger partial charge in [-0.1, -0.05) is 12.1 Å². The number of hydrogen-bond acceptors (Lipinski definition) is 5. The maximum atomic E-state index is 12.8. The number of hydrogen-bond donors (Lipinski definition) is 0. The van der Waals surface area contributed by atoms with E-state index in [1.807, 2.05) is 4.90 Å². The van der Waals surface area contributed by atoms with Crippen LogP contribution < -0.4 is 4.90 Å². The van der Waals surface area contributed by atoms with E-state index in [0.717, 1.165) is 26.2 Å². The average Bonchev–Trinajstić information content (AvgIpc) is 3.31. The Morgan fingerprint density at radius 1 is 0.867 bits per heavy atom. The molecule has 4 rings (SSSR count). The van der Waals surface area contributed by atoms with Crippen LogP contribution >= 0.6 is 0 Å². The van der Waals surface area contributed by atoms with Crippen LogP contribution in [0.5, 0.6) is 0 Å². The van der Waals surface area contributed by atoms with E-state index in [1.54, 1.807) is 17.0 Å². The Morgan fingerprint density at radius 3 is 2.23 bits per heavy atom. The molecule has 2 aromatic rings. The zero-order chi connectivity index (χ0) is 21.1. The van der Waals surface area contributed by atoms with Gasteiger partial charge in [-0.15, -0.1) is 0 Å². The summed E-state index contributed by atoms with van der Waals surface area (Å²) >= 11 is 0. The molecule has 2 fully saturated rings. The van der Waals surface area contributed by atoms with Crippen molar-refractivity contribution in [3.05, 3.63) is 53.5 Å². The van der Waals surface area contributed by atoms with Crippen molar-refractivity contribution in [2.24, 2.45) is 0 Å². The Labute approximate surface area is 177 Å². The predicted octanol–water partition coefficient (Wildman–Crippen LogP) is 2.00. The molecule has 0 spiro atoms. The number of carbonyl (C=O) groups excluding carboxylic acids is 2. The molecule has 2 amide bonds. The molecule has 0 aliphatic carbocycles. The van der Waals surface area contributed by atoms with Crippen LogP contribution in [0.25, 0.3) is 0 Å². The number of aryl methyl sites for hydroxylation is 1. The first kappa shape index (κ1) is 20.5. The summed E-state index contributed by atoms with van der Waals surface area (Å²) in [6.45, 7) is 10.6. The molecule has 1 aromatic carbocycles. The number of benzene rings is 1. The van der Waals surface area contributed by atoms with Gasteiger partial charge >= 0.3 is 0 Å². The van der Waals surface area contributed by atoms with Crippen LogP contribution in [0.2, 0.25) is 0 Å². The van der Waals surface area contributed by atoms with Crippen molar-refractivity contribution in [3.63, 3.8) is 0 Å². The van der Waals surface area contributed by atoms with Gasteiger partial charge in [0.05, 0.1) is 12.8 Å². The number of piperazine rings is 2. The van der Waals surface area contributed by atoms with Gasteiger partial charge in [-0.05, 0) is 43.2 Å². The lowest BCUT2D eigenvalue weighted by atomic mass is 10.1. The highest BCUT2D eigenvalue weighted by Crippen LogP contribution is 2.24. The molecule has 1 aromatic heterocycles. The second kappa shape index (κ2) is 8.92. The standard InChI is InChI=1S/C23H30N4O3/c1-18-5-3-6-20(19(18)2)25-12-14-26(15-13-25)22(28)17-24-8-10-27(11-9-24)23(29)21-7-4-16-30-21/h3-7,16H,8-15,17H2,1-2H3. The van der Waals surface area contributed by atoms with Crippen LogP contribution in [0.15, 0.2) is 41.0 Å². The molecule has 2 aliphatic heterocycles. The number of rotatable bonds is 4. The average molecular weight is 411 g/mol. The minimum absolute atomic E-state index is 0.0754. The molecule has 0 saturated carbocycles. The maximum absolute atomic E-state index is 12.8. The third-order valence-electron chi connectivity index (χ3n) is 6.30. The van der Waals surface area contributed by atoms with Crippen LogP contribution in [0.1, 0.15) is 21.7 Å². The van der Waals surface area contributed by atoms with Gasteiger partial charge in [-0.2, -0.15) is 0 Å². The Bertz CT molecular complexity index is 880. The van der Waals surface area contributed by atoms with Crippen LogP contribution in [0.4, 0.5) is 5.69 Å². The van der Waals surface area contributed by atoms with Gasteiger partial charge in [-0.25, -0.2) is 0 Å². The van der Waals surface area contributed by atoms with Crippen molar-refractivity contribution in [1.82, 2.24) is 14.7 Å². The quantitative estimate of drug-likeness (QED) is 0.772. The minimum Gasteiger partial charge on any atom is -0.459 e. The molecule has 0 N–H and O–H groups in total. The molecule has 7 nitrogen and oxygen atoms in total. The fourth-order valence-electron chi connectivity index (χ4n) is 4.23. The Hall–Kier alpha value is -2.80. The van der Waals surface area contributed by atoms with E-state index in [-0.39, 0.29) is 11.8 Å². The van der Waals surface area contributed by atoms with Gasteiger partial charge in [-0.3, -0.25) is 14.5 Å². The SMILES string of the molecule is Cc1cccc(N2CCN(C(=O)CN3CCN(C(=O)c4ccco4)CC3)CC2)c1C. The van der Waals surface area contributed by atoms with Gasteiger partial charge in [0, 0.05) is 58.0 Å². The van der Waals surface area contributed by atoms with Crippen molar-refractivity contribution in [2.75, 3.05) is 63.8 Å². The summed E-state index contributed by atoms with van der Waals surface area (Å²) in [4.78, 5) is 33.5. The maximum Gasteiger partial charge on any atom is 0.289 e. The van der Waals surface area contributed by atoms with E-state index in [9.17, 15) is 9.59 Å². The number of carbonyl (C=O) groups is 2. The van der Waals surface area contributed by atoms with Crippen molar-refractivity contribution in [3.8, 4) is 0 Å². The van der Waals surface area contributed by atoms with E-state index >= 15 is 0 Å². The van der Waals surface area contributed by atoms with Crippen LogP contribution in [-0.4, -0.2) is 85.4 Å². The molecule has 0 atom stereocenters. The van der Waals surface area contributed by atoms with E-state index in [2.05, 4.69) is 41.8 Å². The molecule has 7 heteroatoms. The van der Waals surface area contributed by atoms with E-state index in [0.29, 0.717) is 38.5 Å². The summed E-state index contributed by atoms with van der Waals surface area (Å²) in [6, 6.07) is 9.83. The van der Waals surface area contributed by atoms with Gasteiger partial charge in [0.15, 0.2) is 5.76 Å². The Morgan fingerprint density at radius 2 is 1.57 bits per heavy atom. The molecule has 30 heavy (non-hydrogen) atoms. The Kier molecular flexibility index (Phi) is 6.08. The first-order valence-corrected chi connectivity index (χ1v) is 10.7.